The third-order valence-electron chi connectivity index (χ3n) is 8.46. The summed E-state index contributed by atoms with van der Waals surface area (Å²) in [6.07, 6.45) is 3.22. The average molecular weight is 676 g/mol. The second-order valence-electron chi connectivity index (χ2n) is 11.5. The molecular formula is C35H42ClN7O3S. The van der Waals surface area contributed by atoms with Crippen molar-refractivity contribution in [1.29, 1.82) is 0 Å². The summed E-state index contributed by atoms with van der Waals surface area (Å²) in [6, 6.07) is 18.9. The predicted molar refractivity (Wildman–Crippen MR) is 187 cm³/mol. The maximum absolute atomic E-state index is 14.2. The van der Waals surface area contributed by atoms with E-state index in [1.165, 1.54) is 4.90 Å². The van der Waals surface area contributed by atoms with Crippen LogP contribution in [0.3, 0.4) is 0 Å². The van der Waals surface area contributed by atoms with E-state index in [9.17, 15) is 14.4 Å². The fourth-order valence-corrected chi connectivity index (χ4v) is 7.16. The summed E-state index contributed by atoms with van der Waals surface area (Å²) in [5.74, 6) is -1.09. The maximum atomic E-state index is 14.2. The van der Waals surface area contributed by atoms with Gasteiger partial charge >= 0.3 is 0 Å². The smallest absolute Gasteiger partial charge is 0.247 e. The summed E-state index contributed by atoms with van der Waals surface area (Å²) < 4.78 is 0. The number of hydrogen-bond acceptors (Lipinski definition) is 7. The molecule has 10 nitrogen and oxygen atoms in total. The summed E-state index contributed by atoms with van der Waals surface area (Å²) >= 11 is 8.01. The van der Waals surface area contributed by atoms with Gasteiger partial charge in [0.15, 0.2) is 0 Å². The van der Waals surface area contributed by atoms with Crippen LogP contribution < -0.4 is 27.4 Å². The van der Waals surface area contributed by atoms with E-state index in [2.05, 4.69) is 20.9 Å². The molecule has 4 aromatic rings. The number of rotatable bonds is 7. The predicted octanol–water partition coefficient (Wildman–Crippen LogP) is 3.70. The van der Waals surface area contributed by atoms with Crippen molar-refractivity contribution in [2.75, 3.05) is 19.6 Å². The fourth-order valence-electron chi connectivity index (χ4n) is 5.91. The summed E-state index contributed by atoms with van der Waals surface area (Å²) in [6.45, 7) is 2.97. The molecule has 1 aromatic heterocycles. The average Bonchev–Trinajstić information content (AvgIpc) is 3.49. The summed E-state index contributed by atoms with van der Waals surface area (Å²) in [7, 11) is 0. The molecule has 1 aliphatic rings. The third-order valence-corrected chi connectivity index (χ3v) is 9.93. The van der Waals surface area contributed by atoms with Crippen LogP contribution in [0.4, 0.5) is 0 Å². The normalized spacial score (nSPS) is 19.9. The molecule has 3 aromatic carbocycles. The van der Waals surface area contributed by atoms with Gasteiger partial charge in [-0.25, -0.2) is 0 Å². The van der Waals surface area contributed by atoms with E-state index >= 15 is 0 Å². The topological polar surface area (TPSA) is 158 Å². The van der Waals surface area contributed by atoms with Crippen molar-refractivity contribution < 1.29 is 14.4 Å². The van der Waals surface area contributed by atoms with Crippen molar-refractivity contribution in [3.63, 3.8) is 0 Å². The number of nitrogens with one attached hydrogen (secondary N) is 4. The zero-order valence-electron chi connectivity index (χ0n) is 26.4. The van der Waals surface area contributed by atoms with Gasteiger partial charge in [-0.3, -0.25) is 14.4 Å². The lowest BCUT2D eigenvalue weighted by molar-refractivity contribution is -0.143. The Bertz CT molecular complexity index is 1710. The van der Waals surface area contributed by atoms with Crippen molar-refractivity contribution in [2.45, 2.75) is 67.2 Å². The van der Waals surface area contributed by atoms with Gasteiger partial charge in [0.1, 0.15) is 12.1 Å². The Kier molecular flexibility index (Phi) is 12.0. The Hall–Kier alpha value is -3.87. The number of fused-ring (bicyclic) bond motifs is 3. The molecule has 5 rings (SSSR count). The minimum absolute atomic E-state index is 0.128. The lowest BCUT2D eigenvalue weighted by atomic mass is 10.0. The SMILES string of the molecule is CCN1C(=O)[C@H](CN)NC(=O)[C@H](CCCN)NCc2ccccc2Sc2ccc(Cl)cc2CNC(=O)[C@@H]1Cc1c[nH]c2ccccc12. The molecule has 3 atom stereocenters. The van der Waals surface area contributed by atoms with Crippen LogP contribution in [-0.2, 0) is 33.9 Å². The maximum Gasteiger partial charge on any atom is 0.247 e. The first-order valence-corrected chi connectivity index (χ1v) is 17.1. The van der Waals surface area contributed by atoms with E-state index in [1.807, 2.05) is 79.9 Å². The molecule has 0 unspecified atom stereocenters. The molecule has 8 N–H and O–H groups in total. The molecule has 0 radical (unpaired) electrons. The Labute approximate surface area is 284 Å². The number of aromatic nitrogens is 1. The van der Waals surface area contributed by atoms with Crippen LogP contribution >= 0.6 is 23.4 Å². The first-order chi connectivity index (χ1) is 22.8. The first kappa shape index (κ1) is 34.5. The number of likely N-dealkylation sites (N-methyl/N-ethyl adjacent to an activating group) is 1. The molecule has 0 bridgehead atoms. The Morgan fingerprint density at radius 2 is 1.68 bits per heavy atom. The van der Waals surface area contributed by atoms with Crippen molar-refractivity contribution in [3.05, 3.63) is 94.6 Å². The quantitative estimate of drug-likeness (QED) is 0.174. The standard InChI is InChI=1S/C35H42ClN7O3S/c1-2-43-30(17-23-20-39-27-10-5-4-9-26(23)27)34(45)41-21-24-16-25(36)13-14-32(24)47-31-12-6-3-8-22(31)19-40-28(11-7-15-37)33(44)42-29(18-38)35(43)46/h3-6,8-10,12-14,16,20,28-30,39-40H,2,7,11,15,17-19,21,37-38H2,1H3,(H,41,45)(H,42,44)/t28-,29-,30-/m0/s1. The fraction of sp³-hybridized carbons (Fsp3) is 0.343. The number of benzene rings is 3. The minimum atomic E-state index is -1.03. The molecule has 0 spiro atoms. The number of nitrogens with two attached hydrogens (primary N) is 2. The van der Waals surface area contributed by atoms with E-state index in [0.717, 1.165) is 37.4 Å². The minimum Gasteiger partial charge on any atom is -0.361 e. The van der Waals surface area contributed by atoms with Gasteiger partial charge in [-0.15, -0.1) is 0 Å². The molecule has 3 amide bonds. The third kappa shape index (κ3) is 8.35. The molecule has 0 saturated heterocycles. The molecule has 0 fully saturated rings. The monoisotopic (exact) mass is 675 g/mol. The lowest BCUT2D eigenvalue weighted by Crippen LogP contribution is -2.60. The van der Waals surface area contributed by atoms with Crippen LogP contribution in [0, 0.1) is 0 Å². The van der Waals surface area contributed by atoms with Crippen LogP contribution in [0.5, 0.6) is 0 Å². The first-order valence-electron chi connectivity index (χ1n) is 15.9. The molecular weight excluding hydrogens is 634 g/mol. The molecule has 12 heteroatoms. The number of nitrogens with zero attached hydrogens (tertiary/aromatic N) is 1. The summed E-state index contributed by atoms with van der Waals surface area (Å²) in [5, 5.41) is 10.9. The van der Waals surface area contributed by atoms with Gasteiger partial charge in [-0.1, -0.05) is 59.8 Å². The van der Waals surface area contributed by atoms with Crippen molar-refractivity contribution in [2.24, 2.45) is 11.5 Å². The highest BCUT2D eigenvalue weighted by Crippen LogP contribution is 2.34. The van der Waals surface area contributed by atoms with Crippen molar-refractivity contribution >= 4 is 52.0 Å². The van der Waals surface area contributed by atoms with Gasteiger partial charge in [0.05, 0.1) is 6.04 Å². The zero-order chi connectivity index (χ0) is 33.3. The number of carbonyl (C=O) groups is 3. The van der Waals surface area contributed by atoms with E-state index in [1.54, 1.807) is 11.8 Å². The Morgan fingerprint density at radius 3 is 2.47 bits per heavy atom. The van der Waals surface area contributed by atoms with Gasteiger partial charge in [-0.05, 0) is 73.3 Å². The van der Waals surface area contributed by atoms with E-state index in [0.29, 0.717) is 31.0 Å². The van der Waals surface area contributed by atoms with Gasteiger partial charge in [0, 0.05) is 64.5 Å². The molecule has 0 saturated carbocycles. The number of H-pyrrole nitrogens is 1. The molecule has 0 aliphatic carbocycles. The summed E-state index contributed by atoms with van der Waals surface area (Å²) in [5.41, 5.74) is 15.6. The number of halogens is 1. The number of aromatic amines is 1. The number of amides is 3. The van der Waals surface area contributed by atoms with Crippen molar-refractivity contribution in [1.82, 2.24) is 25.8 Å². The number of carbonyl (C=O) groups excluding carboxylic acids is 3. The number of hydrogen-bond donors (Lipinski definition) is 6. The molecule has 1 aliphatic heterocycles. The van der Waals surface area contributed by atoms with E-state index in [4.69, 9.17) is 23.1 Å². The molecule has 47 heavy (non-hydrogen) atoms. The van der Waals surface area contributed by atoms with Gasteiger partial charge in [0.25, 0.3) is 0 Å². The highest BCUT2D eigenvalue weighted by Gasteiger charge is 2.35. The van der Waals surface area contributed by atoms with Crippen LogP contribution in [-0.4, -0.2) is 65.4 Å². The van der Waals surface area contributed by atoms with Crippen LogP contribution in [0.2, 0.25) is 5.02 Å². The lowest BCUT2D eigenvalue weighted by Gasteiger charge is -2.33. The van der Waals surface area contributed by atoms with E-state index < -0.39 is 24.0 Å². The second kappa shape index (κ2) is 16.3. The van der Waals surface area contributed by atoms with Gasteiger partial charge < -0.3 is 37.3 Å². The van der Waals surface area contributed by atoms with Gasteiger partial charge in [-0.2, -0.15) is 0 Å². The highest BCUT2D eigenvalue weighted by atomic mass is 35.5. The Balaban J connectivity index is 1.56. The number of para-hydroxylation sites is 1. The van der Waals surface area contributed by atoms with Crippen LogP contribution in [0.25, 0.3) is 10.9 Å². The highest BCUT2D eigenvalue weighted by molar-refractivity contribution is 7.99. The van der Waals surface area contributed by atoms with Crippen LogP contribution in [0.1, 0.15) is 36.5 Å². The van der Waals surface area contributed by atoms with Crippen LogP contribution in [0.15, 0.2) is 82.7 Å². The zero-order valence-corrected chi connectivity index (χ0v) is 28.0. The Morgan fingerprint density at radius 1 is 0.915 bits per heavy atom. The largest absolute Gasteiger partial charge is 0.361 e. The van der Waals surface area contributed by atoms with Gasteiger partial charge in [0.2, 0.25) is 17.7 Å². The summed E-state index contributed by atoms with van der Waals surface area (Å²) in [4.78, 5) is 48.7. The second-order valence-corrected chi connectivity index (χ2v) is 13.1. The van der Waals surface area contributed by atoms with E-state index in [-0.39, 0.29) is 37.9 Å². The molecule has 248 valence electrons. The molecule has 2 heterocycles. The van der Waals surface area contributed by atoms with Crippen molar-refractivity contribution in [3.8, 4) is 0 Å².